The van der Waals surface area contributed by atoms with Crippen molar-refractivity contribution in [1.29, 1.82) is 0 Å². The van der Waals surface area contributed by atoms with Crippen molar-refractivity contribution >= 4 is 49.8 Å². The van der Waals surface area contributed by atoms with Crippen molar-refractivity contribution in [3.63, 3.8) is 0 Å². The van der Waals surface area contributed by atoms with Gasteiger partial charge in [-0.15, -0.1) is 0 Å². The van der Waals surface area contributed by atoms with Crippen molar-refractivity contribution in [2.75, 3.05) is 4.72 Å². The number of H-pyrrole nitrogens is 1. The fourth-order valence-electron chi connectivity index (χ4n) is 2.14. The smallest absolute Gasteiger partial charge is 0.263 e. The minimum atomic E-state index is -3.89. The fraction of sp³-hybridized carbons (Fsp3) is 0.0667. The molecule has 3 rings (SSSR count). The average molecular weight is 384 g/mol. The SMILES string of the molecule is Cc1cc2ccc(NS(=O)(=O)c3cnc(Cl)c(Cl)c3)cc2[nH]c1=O. The van der Waals surface area contributed by atoms with E-state index in [2.05, 4.69) is 14.7 Å². The van der Waals surface area contributed by atoms with Crippen molar-refractivity contribution in [3.05, 3.63) is 62.6 Å². The average Bonchev–Trinajstić information content (AvgIpc) is 2.51. The predicted molar refractivity (Wildman–Crippen MR) is 94.4 cm³/mol. The van der Waals surface area contributed by atoms with E-state index in [1.54, 1.807) is 31.2 Å². The molecule has 24 heavy (non-hydrogen) atoms. The summed E-state index contributed by atoms with van der Waals surface area (Å²) in [5.41, 5.74) is 1.18. The van der Waals surface area contributed by atoms with Crippen LogP contribution < -0.4 is 10.3 Å². The summed E-state index contributed by atoms with van der Waals surface area (Å²) >= 11 is 11.5. The predicted octanol–water partition coefficient (Wildman–Crippen LogP) is 3.34. The van der Waals surface area contributed by atoms with Crippen LogP contribution >= 0.6 is 23.2 Å². The fourth-order valence-corrected chi connectivity index (χ4v) is 3.49. The third-order valence-corrected chi connectivity index (χ3v) is 5.40. The van der Waals surface area contributed by atoms with E-state index >= 15 is 0 Å². The van der Waals surface area contributed by atoms with Gasteiger partial charge in [-0.1, -0.05) is 29.3 Å². The van der Waals surface area contributed by atoms with Crippen LogP contribution in [0.2, 0.25) is 10.2 Å². The molecule has 2 aromatic heterocycles. The van der Waals surface area contributed by atoms with E-state index < -0.39 is 10.0 Å². The molecule has 6 nitrogen and oxygen atoms in total. The molecule has 124 valence electrons. The monoisotopic (exact) mass is 383 g/mol. The van der Waals surface area contributed by atoms with Crippen LogP contribution in [0.5, 0.6) is 0 Å². The van der Waals surface area contributed by atoms with Crippen LogP contribution in [0.15, 0.2) is 46.2 Å². The lowest BCUT2D eigenvalue weighted by Gasteiger charge is -2.09. The Balaban J connectivity index is 2.00. The van der Waals surface area contributed by atoms with Gasteiger partial charge < -0.3 is 4.98 Å². The van der Waals surface area contributed by atoms with Gasteiger partial charge in [0.1, 0.15) is 10.0 Å². The number of benzene rings is 1. The third-order valence-electron chi connectivity index (χ3n) is 3.37. The number of fused-ring (bicyclic) bond motifs is 1. The Kier molecular flexibility index (Phi) is 4.25. The van der Waals surface area contributed by atoms with E-state index in [4.69, 9.17) is 23.2 Å². The second-order valence-corrected chi connectivity index (χ2v) is 7.58. The molecule has 2 heterocycles. The lowest BCUT2D eigenvalue weighted by atomic mass is 10.1. The van der Waals surface area contributed by atoms with Gasteiger partial charge in [-0.05, 0) is 36.6 Å². The van der Waals surface area contributed by atoms with Gasteiger partial charge in [-0.3, -0.25) is 9.52 Å². The summed E-state index contributed by atoms with van der Waals surface area (Å²) in [5, 5.41) is 0.860. The van der Waals surface area contributed by atoms with Crippen LogP contribution in [0.25, 0.3) is 10.9 Å². The number of halogens is 2. The highest BCUT2D eigenvalue weighted by Gasteiger charge is 2.17. The number of nitrogens with zero attached hydrogens (tertiary/aromatic N) is 1. The molecule has 3 aromatic rings. The molecule has 0 spiro atoms. The van der Waals surface area contributed by atoms with Gasteiger partial charge in [0.2, 0.25) is 0 Å². The molecule has 0 radical (unpaired) electrons. The third kappa shape index (κ3) is 3.24. The number of anilines is 1. The number of hydrogen-bond donors (Lipinski definition) is 2. The van der Waals surface area contributed by atoms with E-state index in [0.717, 1.165) is 11.6 Å². The molecule has 0 saturated carbocycles. The van der Waals surface area contributed by atoms with E-state index in [1.807, 2.05) is 0 Å². The molecule has 0 aliphatic carbocycles. The molecule has 0 unspecified atom stereocenters. The Morgan fingerprint density at radius 2 is 1.92 bits per heavy atom. The minimum Gasteiger partial charge on any atom is -0.322 e. The van der Waals surface area contributed by atoms with Crippen molar-refractivity contribution < 1.29 is 8.42 Å². The number of pyridine rings is 2. The van der Waals surface area contributed by atoms with E-state index in [0.29, 0.717) is 16.8 Å². The van der Waals surface area contributed by atoms with Gasteiger partial charge in [-0.2, -0.15) is 0 Å². The van der Waals surface area contributed by atoms with Crippen LogP contribution in [0.1, 0.15) is 5.56 Å². The van der Waals surface area contributed by atoms with E-state index in [9.17, 15) is 13.2 Å². The number of rotatable bonds is 3. The van der Waals surface area contributed by atoms with Crippen LogP contribution in [0.4, 0.5) is 5.69 Å². The zero-order chi connectivity index (χ0) is 17.5. The Morgan fingerprint density at radius 3 is 2.62 bits per heavy atom. The molecule has 9 heteroatoms. The normalized spacial score (nSPS) is 11.6. The van der Waals surface area contributed by atoms with Gasteiger partial charge in [0, 0.05) is 11.8 Å². The second kappa shape index (κ2) is 6.08. The molecule has 2 N–H and O–H groups in total. The molecule has 0 bridgehead atoms. The molecular weight excluding hydrogens is 373 g/mol. The van der Waals surface area contributed by atoms with Gasteiger partial charge in [0.15, 0.2) is 0 Å². The number of aromatic nitrogens is 2. The summed E-state index contributed by atoms with van der Waals surface area (Å²) in [6.45, 7) is 1.70. The summed E-state index contributed by atoms with van der Waals surface area (Å²) in [6, 6.07) is 7.80. The van der Waals surface area contributed by atoms with Gasteiger partial charge >= 0.3 is 0 Å². The number of aryl methyl sites for hydroxylation is 1. The maximum Gasteiger partial charge on any atom is 0.263 e. The van der Waals surface area contributed by atoms with Crippen molar-refractivity contribution in [2.24, 2.45) is 0 Å². The summed E-state index contributed by atoms with van der Waals surface area (Å²) in [7, 11) is -3.89. The van der Waals surface area contributed by atoms with Crippen LogP contribution in [-0.2, 0) is 10.0 Å². The molecule has 0 aliphatic rings. The zero-order valence-corrected chi connectivity index (χ0v) is 14.6. The van der Waals surface area contributed by atoms with Crippen molar-refractivity contribution in [2.45, 2.75) is 11.8 Å². The van der Waals surface area contributed by atoms with Crippen LogP contribution in [-0.4, -0.2) is 18.4 Å². The number of nitrogens with one attached hydrogen (secondary N) is 2. The highest BCUT2D eigenvalue weighted by Crippen LogP contribution is 2.24. The number of sulfonamides is 1. The molecule has 0 saturated heterocycles. The first-order chi connectivity index (χ1) is 11.3. The lowest BCUT2D eigenvalue weighted by molar-refractivity contribution is 0.601. The largest absolute Gasteiger partial charge is 0.322 e. The standard InChI is InChI=1S/C15H11Cl2N3O3S/c1-8-4-9-2-3-10(5-13(9)19-15(8)21)20-24(22,23)11-6-12(16)14(17)18-7-11/h2-7,20H,1H3,(H,19,21). The van der Waals surface area contributed by atoms with Gasteiger partial charge in [0.05, 0.1) is 16.2 Å². The lowest BCUT2D eigenvalue weighted by Crippen LogP contribution is -2.14. The minimum absolute atomic E-state index is 0.0225. The summed E-state index contributed by atoms with van der Waals surface area (Å²) < 4.78 is 27.2. The van der Waals surface area contributed by atoms with E-state index in [-0.39, 0.29) is 20.6 Å². The first-order valence-electron chi connectivity index (χ1n) is 6.74. The topological polar surface area (TPSA) is 91.9 Å². The Labute approximate surface area is 147 Å². The highest BCUT2D eigenvalue weighted by atomic mass is 35.5. The molecule has 1 aromatic carbocycles. The van der Waals surface area contributed by atoms with Gasteiger partial charge in [0.25, 0.3) is 15.6 Å². The first-order valence-corrected chi connectivity index (χ1v) is 8.98. The van der Waals surface area contributed by atoms with Crippen molar-refractivity contribution in [3.8, 4) is 0 Å². The maximum absolute atomic E-state index is 12.4. The Morgan fingerprint density at radius 1 is 1.17 bits per heavy atom. The molecule has 0 fully saturated rings. The number of hydrogen-bond acceptors (Lipinski definition) is 4. The molecular formula is C15H11Cl2N3O3S. The summed E-state index contributed by atoms with van der Waals surface area (Å²) in [4.78, 5) is 18.0. The summed E-state index contributed by atoms with van der Waals surface area (Å²) in [5.74, 6) is 0. The first kappa shape index (κ1) is 16.8. The second-order valence-electron chi connectivity index (χ2n) is 5.13. The quantitative estimate of drug-likeness (QED) is 0.678. The Bertz CT molecular complexity index is 1110. The Hall–Kier alpha value is -2.09. The number of aromatic amines is 1. The maximum atomic E-state index is 12.4. The van der Waals surface area contributed by atoms with Gasteiger partial charge in [-0.25, -0.2) is 13.4 Å². The van der Waals surface area contributed by atoms with Crippen LogP contribution in [0.3, 0.4) is 0 Å². The highest BCUT2D eigenvalue weighted by molar-refractivity contribution is 7.92. The molecule has 0 aliphatic heterocycles. The van der Waals surface area contributed by atoms with E-state index in [1.165, 1.54) is 6.07 Å². The molecule has 0 amide bonds. The van der Waals surface area contributed by atoms with Crippen molar-refractivity contribution in [1.82, 2.24) is 9.97 Å². The molecule has 0 atom stereocenters. The van der Waals surface area contributed by atoms with Crippen LogP contribution in [0, 0.1) is 6.92 Å². The summed E-state index contributed by atoms with van der Waals surface area (Å²) in [6.07, 6.45) is 1.11. The zero-order valence-electron chi connectivity index (χ0n) is 12.3.